The Bertz CT molecular complexity index is 151. The molecule has 2 fully saturated rings. The minimum atomic E-state index is 0.0165. The van der Waals surface area contributed by atoms with Crippen LogP contribution in [0.5, 0.6) is 0 Å². The summed E-state index contributed by atoms with van der Waals surface area (Å²) < 4.78 is 5.11. The third kappa shape index (κ3) is 1.79. The highest BCUT2D eigenvalue weighted by molar-refractivity contribution is 4.91. The van der Waals surface area contributed by atoms with Gasteiger partial charge in [0.2, 0.25) is 0 Å². The third-order valence-corrected chi connectivity index (χ3v) is 2.90. The van der Waals surface area contributed by atoms with Gasteiger partial charge in [0.25, 0.3) is 0 Å². The quantitative estimate of drug-likeness (QED) is 0.657. The zero-order valence-corrected chi connectivity index (χ0v) is 7.59. The van der Waals surface area contributed by atoms with E-state index in [1.54, 1.807) is 0 Å². The van der Waals surface area contributed by atoms with E-state index in [1.807, 2.05) is 0 Å². The Labute approximate surface area is 73.9 Å². The lowest BCUT2D eigenvalue weighted by Gasteiger charge is -2.38. The van der Waals surface area contributed by atoms with Gasteiger partial charge in [0.15, 0.2) is 0 Å². The predicted octanol–water partition coefficient (Wildman–Crippen LogP) is 0.200. The molecule has 2 saturated heterocycles. The first-order valence-corrected chi connectivity index (χ1v) is 4.88. The molecule has 0 radical (unpaired) electrons. The standard InChI is InChI=1S/C9H18N2O/c10-9(7-12-8-9)3-6-11-4-1-2-5-11/h1-8,10H2. The van der Waals surface area contributed by atoms with E-state index in [4.69, 9.17) is 10.5 Å². The molecule has 2 N–H and O–H groups in total. The molecule has 0 aromatic heterocycles. The van der Waals surface area contributed by atoms with E-state index >= 15 is 0 Å². The van der Waals surface area contributed by atoms with Crippen LogP contribution < -0.4 is 5.73 Å². The van der Waals surface area contributed by atoms with Crippen LogP contribution in [0, 0.1) is 0 Å². The second-order valence-electron chi connectivity index (χ2n) is 4.15. The highest BCUT2D eigenvalue weighted by Crippen LogP contribution is 2.19. The average molecular weight is 170 g/mol. The van der Waals surface area contributed by atoms with Crippen LogP contribution in [-0.4, -0.2) is 43.3 Å². The number of ether oxygens (including phenoxy) is 1. The van der Waals surface area contributed by atoms with Gasteiger partial charge < -0.3 is 15.4 Å². The van der Waals surface area contributed by atoms with Crippen molar-refractivity contribution in [1.29, 1.82) is 0 Å². The molecule has 0 unspecified atom stereocenters. The topological polar surface area (TPSA) is 38.5 Å². The highest BCUT2D eigenvalue weighted by atomic mass is 16.5. The van der Waals surface area contributed by atoms with Crippen molar-refractivity contribution in [3.05, 3.63) is 0 Å². The number of hydrogen-bond acceptors (Lipinski definition) is 3. The minimum absolute atomic E-state index is 0.0165. The SMILES string of the molecule is NC1(CCN2CCCC2)COC1. The van der Waals surface area contributed by atoms with Gasteiger partial charge in [-0.2, -0.15) is 0 Å². The molecule has 2 aliphatic heterocycles. The molecule has 70 valence electrons. The van der Waals surface area contributed by atoms with E-state index < -0.39 is 0 Å². The van der Waals surface area contributed by atoms with Gasteiger partial charge in [0.1, 0.15) is 0 Å². The van der Waals surface area contributed by atoms with Crippen LogP contribution in [0.4, 0.5) is 0 Å². The summed E-state index contributed by atoms with van der Waals surface area (Å²) in [5.74, 6) is 0. The maximum atomic E-state index is 6.03. The Morgan fingerprint density at radius 2 is 1.92 bits per heavy atom. The molecule has 0 spiro atoms. The number of rotatable bonds is 3. The number of nitrogens with two attached hydrogens (primary N) is 1. The van der Waals surface area contributed by atoms with Crippen molar-refractivity contribution in [3.63, 3.8) is 0 Å². The first-order chi connectivity index (χ1) is 5.79. The smallest absolute Gasteiger partial charge is 0.0670 e. The Hall–Kier alpha value is -0.120. The van der Waals surface area contributed by atoms with Crippen molar-refractivity contribution < 1.29 is 4.74 Å². The van der Waals surface area contributed by atoms with Crippen LogP contribution in [0.15, 0.2) is 0 Å². The van der Waals surface area contributed by atoms with E-state index in [9.17, 15) is 0 Å². The average Bonchev–Trinajstić information content (AvgIpc) is 2.49. The van der Waals surface area contributed by atoms with Crippen LogP contribution in [0.1, 0.15) is 19.3 Å². The summed E-state index contributed by atoms with van der Waals surface area (Å²) in [6, 6.07) is 0. The van der Waals surface area contributed by atoms with E-state index in [2.05, 4.69) is 4.90 Å². The summed E-state index contributed by atoms with van der Waals surface area (Å²) in [6.07, 6.45) is 3.84. The zero-order chi connectivity index (χ0) is 8.44. The predicted molar refractivity (Wildman–Crippen MR) is 48.0 cm³/mol. The Balaban J connectivity index is 1.67. The molecule has 2 rings (SSSR count). The second kappa shape index (κ2) is 3.32. The van der Waals surface area contributed by atoms with Crippen LogP contribution >= 0.6 is 0 Å². The van der Waals surface area contributed by atoms with E-state index in [1.165, 1.54) is 32.5 Å². The lowest BCUT2D eigenvalue weighted by molar-refractivity contribution is -0.0599. The van der Waals surface area contributed by atoms with Gasteiger partial charge in [-0.3, -0.25) is 0 Å². The van der Waals surface area contributed by atoms with Crippen molar-refractivity contribution >= 4 is 0 Å². The monoisotopic (exact) mass is 170 g/mol. The van der Waals surface area contributed by atoms with Crippen LogP contribution in [0.3, 0.4) is 0 Å². The summed E-state index contributed by atoms with van der Waals surface area (Å²) in [5.41, 5.74) is 6.05. The summed E-state index contributed by atoms with van der Waals surface area (Å²) in [6.45, 7) is 5.25. The molecule has 0 bridgehead atoms. The zero-order valence-electron chi connectivity index (χ0n) is 7.59. The fourth-order valence-electron chi connectivity index (χ4n) is 1.90. The first kappa shape index (κ1) is 8.48. The van der Waals surface area contributed by atoms with Gasteiger partial charge in [0.05, 0.1) is 18.8 Å². The normalized spacial score (nSPS) is 28.8. The first-order valence-electron chi connectivity index (χ1n) is 4.88. The molecule has 0 atom stereocenters. The summed E-state index contributed by atoms with van der Waals surface area (Å²) in [5, 5.41) is 0. The number of hydrogen-bond donors (Lipinski definition) is 1. The van der Waals surface area contributed by atoms with Crippen LogP contribution in [0.2, 0.25) is 0 Å². The van der Waals surface area contributed by atoms with Crippen LogP contribution in [-0.2, 0) is 4.74 Å². The van der Waals surface area contributed by atoms with Gasteiger partial charge in [-0.1, -0.05) is 0 Å². The van der Waals surface area contributed by atoms with Gasteiger partial charge in [-0.15, -0.1) is 0 Å². The molecular weight excluding hydrogens is 152 g/mol. The lowest BCUT2D eigenvalue weighted by Crippen LogP contribution is -2.58. The van der Waals surface area contributed by atoms with Crippen LogP contribution in [0.25, 0.3) is 0 Å². The van der Waals surface area contributed by atoms with E-state index in [0.29, 0.717) is 0 Å². The second-order valence-corrected chi connectivity index (χ2v) is 4.15. The van der Waals surface area contributed by atoms with Crippen molar-refractivity contribution in [2.75, 3.05) is 32.8 Å². The highest BCUT2D eigenvalue weighted by Gasteiger charge is 2.34. The molecular formula is C9H18N2O. The summed E-state index contributed by atoms with van der Waals surface area (Å²) in [7, 11) is 0. The minimum Gasteiger partial charge on any atom is -0.377 e. The van der Waals surface area contributed by atoms with Crippen molar-refractivity contribution in [2.45, 2.75) is 24.8 Å². The molecule has 2 heterocycles. The fraction of sp³-hybridized carbons (Fsp3) is 1.00. The van der Waals surface area contributed by atoms with Gasteiger partial charge >= 0.3 is 0 Å². The van der Waals surface area contributed by atoms with E-state index in [0.717, 1.165) is 19.6 Å². The van der Waals surface area contributed by atoms with Gasteiger partial charge in [0, 0.05) is 6.54 Å². The molecule has 2 aliphatic rings. The maximum absolute atomic E-state index is 6.03. The van der Waals surface area contributed by atoms with E-state index in [-0.39, 0.29) is 5.54 Å². The molecule has 0 amide bonds. The molecule has 0 saturated carbocycles. The maximum Gasteiger partial charge on any atom is 0.0670 e. The molecule has 3 heteroatoms. The number of nitrogens with zero attached hydrogens (tertiary/aromatic N) is 1. The Morgan fingerprint density at radius 3 is 2.42 bits per heavy atom. The molecule has 0 aromatic rings. The molecule has 0 aliphatic carbocycles. The summed E-state index contributed by atoms with van der Waals surface area (Å²) >= 11 is 0. The Kier molecular flexibility index (Phi) is 2.35. The number of likely N-dealkylation sites (tertiary alicyclic amines) is 1. The van der Waals surface area contributed by atoms with Crippen molar-refractivity contribution in [2.24, 2.45) is 5.73 Å². The van der Waals surface area contributed by atoms with Gasteiger partial charge in [-0.05, 0) is 32.4 Å². The largest absolute Gasteiger partial charge is 0.377 e. The Morgan fingerprint density at radius 1 is 1.25 bits per heavy atom. The molecule has 0 aromatic carbocycles. The van der Waals surface area contributed by atoms with Crippen molar-refractivity contribution in [1.82, 2.24) is 4.90 Å². The fourth-order valence-corrected chi connectivity index (χ4v) is 1.90. The van der Waals surface area contributed by atoms with Crippen molar-refractivity contribution in [3.8, 4) is 0 Å². The van der Waals surface area contributed by atoms with Gasteiger partial charge in [-0.25, -0.2) is 0 Å². The third-order valence-electron chi connectivity index (χ3n) is 2.90. The molecule has 12 heavy (non-hydrogen) atoms. The lowest BCUT2D eigenvalue weighted by atomic mass is 9.94. The summed E-state index contributed by atoms with van der Waals surface area (Å²) in [4.78, 5) is 2.51. The molecule has 3 nitrogen and oxygen atoms in total.